The summed E-state index contributed by atoms with van der Waals surface area (Å²) in [6, 6.07) is 13.5. The molecule has 3 aromatic rings. The Morgan fingerprint density at radius 1 is 1.00 bits per heavy atom. The Hall–Kier alpha value is -2.53. The number of ketones is 1. The zero-order valence-electron chi connectivity index (χ0n) is 14.7. The molecule has 1 aromatic heterocycles. The van der Waals surface area contributed by atoms with Crippen LogP contribution in [0.2, 0.25) is 15.1 Å². The Kier molecular flexibility index (Phi) is 6.25. The van der Waals surface area contributed by atoms with Crippen LogP contribution in [0, 0.1) is 0 Å². The van der Waals surface area contributed by atoms with Crippen LogP contribution in [-0.2, 0) is 9.53 Å². The van der Waals surface area contributed by atoms with Crippen molar-refractivity contribution in [3.05, 3.63) is 92.7 Å². The van der Waals surface area contributed by atoms with Crippen LogP contribution in [0.25, 0.3) is 11.8 Å². The van der Waals surface area contributed by atoms with Gasteiger partial charge in [0.15, 0.2) is 5.78 Å². The second-order valence-corrected chi connectivity index (χ2v) is 6.97. The maximum Gasteiger partial charge on any atom is 0.330 e. The third-order valence-corrected chi connectivity index (χ3v) is 5.08. The number of carbonyl (C=O) groups is 2. The first-order valence-electron chi connectivity index (χ1n) is 8.14. The molecule has 2 aromatic carbocycles. The van der Waals surface area contributed by atoms with Gasteiger partial charge in [-0.15, -0.1) is 0 Å². The first-order valence-corrected chi connectivity index (χ1v) is 9.27. The van der Waals surface area contributed by atoms with Gasteiger partial charge in [0, 0.05) is 34.1 Å². The van der Waals surface area contributed by atoms with E-state index in [0.717, 1.165) is 0 Å². The highest BCUT2D eigenvalue weighted by Gasteiger charge is 2.20. The van der Waals surface area contributed by atoms with Gasteiger partial charge in [-0.05, 0) is 48.5 Å². The molecule has 0 aliphatic heterocycles. The molecule has 0 aliphatic carbocycles. The van der Waals surface area contributed by atoms with E-state index in [-0.39, 0.29) is 16.4 Å². The highest BCUT2D eigenvalue weighted by atomic mass is 35.5. The largest absolute Gasteiger partial charge is 0.466 e. The van der Waals surface area contributed by atoms with Crippen LogP contribution in [0.1, 0.15) is 21.6 Å². The minimum absolute atomic E-state index is 0.179. The van der Waals surface area contributed by atoms with Gasteiger partial charge in [0.2, 0.25) is 0 Å². The predicted octanol–water partition coefficient (Wildman–Crippen LogP) is 5.85. The number of benzene rings is 2. The standard InChI is InChI=1S/C21H14Cl3NO3/c1-28-19(26)10-8-14-4-3-11-25(14)18-9-7-13(22)12-16(18)21(27)15-5-2-6-17(23)20(15)24/h2-12H,1H3. The van der Waals surface area contributed by atoms with Gasteiger partial charge in [-0.25, -0.2) is 4.79 Å². The molecule has 28 heavy (non-hydrogen) atoms. The van der Waals surface area contributed by atoms with Crippen molar-refractivity contribution < 1.29 is 14.3 Å². The molecular formula is C21H14Cl3NO3. The molecule has 0 aliphatic rings. The zero-order valence-corrected chi connectivity index (χ0v) is 16.9. The number of methoxy groups -OCH3 is 1. The summed E-state index contributed by atoms with van der Waals surface area (Å²) in [5, 5.41) is 0.876. The molecule has 7 heteroatoms. The van der Waals surface area contributed by atoms with E-state index in [2.05, 4.69) is 4.74 Å². The molecule has 142 valence electrons. The fraction of sp³-hybridized carbons (Fsp3) is 0.0476. The summed E-state index contributed by atoms with van der Waals surface area (Å²) in [6.07, 6.45) is 4.68. The lowest BCUT2D eigenvalue weighted by molar-refractivity contribution is -0.134. The maximum atomic E-state index is 13.2. The fourth-order valence-corrected chi connectivity index (χ4v) is 3.25. The SMILES string of the molecule is COC(=O)C=Cc1cccn1-c1ccc(Cl)cc1C(=O)c1cccc(Cl)c1Cl. The second-order valence-electron chi connectivity index (χ2n) is 5.75. The normalized spacial score (nSPS) is 11.0. The lowest BCUT2D eigenvalue weighted by Gasteiger charge is -2.14. The molecule has 0 fully saturated rings. The number of carbonyl (C=O) groups excluding carboxylic acids is 2. The first kappa shape index (κ1) is 20.2. The van der Waals surface area contributed by atoms with Crippen molar-refractivity contribution in [3.8, 4) is 5.69 Å². The Morgan fingerprint density at radius 2 is 1.79 bits per heavy atom. The van der Waals surface area contributed by atoms with Crippen molar-refractivity contribution in [2.75, 3.05) is 7.11 Å². The van der Waals surface area contributed by atoms with Gasteiger partial charge in [0.25, 0.3) is 0 Å². The average Bonchev–Trinajstić information content (AvgIpc) is 3.16. The van der Waals surface area contributed by atoms with Crippen molar-refractivity contribution in [1.29, 1.82) is 0 Å². The van der Waals surface area contributed by atoms with E-state index in [9.17, 15) is 9.59 Å². The Bertz CT molecular complexity index is 1090. The molecule has 0 unspecified atom stereocenters. The third-order valence-electron chi connectivity index (χ3n) is 4.03. The van der Waals surface area contributed by atoms with Crippen LogP contribution in [0.4, 0.5) is 0 Å². The smallest absolute Gasteiger partial charge is 0.330 e. The van der Waals surface area contributed by atoms with Gasteiger partial charge in [-0.1, -0.05) is 40.9 Å². The highest BCUT2D eigenvalue weighted by Crippen LogP contribution is 2.30. The number of hydrogen-bond acceptors (Lipinski definition) is 3. The molecule has 4 nitrogen and oxygen atoms in total. The summed E-state index contributed by atoms with van der Waals surface area (Å²) in [4.78, 5) is 24.6. The van der Waals surface area contributed by atoms with Gasteiger partial charge < -0.3 is 9.30 Å². The van der Waals surface area contributed by atoms with Crippen molar-refractivity contribution >= 4 is 52.6 Å². The van der Waals surface area contributed by atoms with Gasteiger partial charge >= 0.3 is 5.97 Å². The Balaban J connectivity index is 2.12. The summed E-state index contributed by atoms with van der Waals surface area (Å²) < 4.78 is 6.39. The first-order chi connectivity index (χ1) is 13.4. The van der Waals surface area contributed by atoms with Gasteiger partial charge in [0.05, 0.1) is 22.8 Å². The number of hydrogen-bond donors (Lipinski definition) is 0. The molecule has 0 radical (unpaired) electrons. The minimum atomic E-state index is -0.481. The molecule has 0 amide bonds. The third kappa shape index (κ3) is 4.14. The van der Waals surface area contributed by atoms with Gasteiger partial charge in [-0.2, -0.15) is 0 Å². The van der Waals surface area contributed by atoms with Crippen LogP contribution in [-0.4, -0.2) is 23.4 Å². The monoisotopic (exact) mass is 433 g/mol. The van der Waals surface area contributed by atoms with E-state index in [1.165, 1.54) is 13.2 Å². The number of rotatable bonds is 5. The zero-order chi connectivity index (χ0) is 20.3. The van der Waals surface area contributed by atoms with Crippen LogP contribution < -0.4 is 0 Å². The van der Waals surface area contributed by atoms with E-state index >= 15 is 0 Å². The van der Waals surface area contributed by atoms with Crippen molar-refractivity contribution in [3.63, 3.8) is 0 Å². The highest BCUT2D eigenvalue weighted by molar-refractivity contribution is 6.44. The lowest BCUT2D eigenvalue weighted by Crippen LogP contribution is -2.09. The van der Waals surface area contributed by atoms with E-state index in [0.29, 0.717) is 27.0 Å². The fourth-order valence-electron chi connectivity index (χ4n) is 2.70. The molecular weight excluding hydrogens is 421 g/mol. The number of ether oxygens (including phenoxy) is 1. The van der Waals surface area contributed by atoms with E-state index in [1.807, 2.05) is 0 Å². The molecule has 1 heterocycles. The summed E-state index contributed by atoms with van der Waals surface area (Å²) >= 11 is 18.4. The second kappa shape index (κ2) is 8.65. The quantitative estimate of drug-likeness (QED) is 0.287. The minimum Gasteiger partial charge on any atom is -0.466 e. The van der Waals surface area contributed by atoms with Crippen molar-refractivity contribution in [1.82, 2.24) is 4.57 Å². The molecule has 0 N–H and O–H groups in total. The molecule has 0 bridgehead atoms. The number of halogens is 3. The summed E-state index contributed by atoms with van der Waals surface area (Å²) in [7, 11) is 1.30. The molecule has 0 spiro atoms. The average molecular weight is 435 g/mol. The lowest BCUT2D eigenvalue weighted by atomic mass is 10.0. The van der Waals surface area contributed by atoms with Crippen LogP contribution >= 0.6 is 34.8 Å². The van der Waals surface area contributed by atoms with Crippen LogP contribution in [0.3, 0.4) is 0 Å². The maximum absolute atomic E-state index is 13.2. The Labute approximate surface area is 176 Å². The van der Waals surface area contributed by atoms with Crippen molar-refractivity contribution in [2.24, 2.45) is 0 Å². The molecule has 0 atom stereocenters. The number of aromatic nitrogens is 1. The Morgan fingerprint density at radius 3 is 2.54 bits per heavy atom. The van der Waals surface area contributed by atoms with Gasteiger partial charge in [0.1, 0.15) is 0 Å². The number of esters is 1. The van der Waals surface area contributed by atoms with E-state index < -0.39 is 5.97 Å². The number of nitrogens with zero attached hydrogens (tertiary/aromatic N) is 1. The molecule has 3 rings (SSSR count). The van der Waals surface area contributed by atoms with E-state index in [4.69, 9.17) is 34.8 Å². The molecule has 0 saturated heterocycles. The summed E-state index contributed by atoms with van der Waals surface area (Å²) in [6.45, 7) is 0. The van der Waals surface area contributed by atoms with Gasteiger partial charge in [-0.3, -0.25) is 4.79 Å². The summed E-state index contributed by atoms with van der Waals surface area (Å²) in [5.74, 6) is -0.799. The summed E-state index contributed by atoms with van der Waals surface area (Å²) in [5.41, 5.74) is 1.89. The molecule has 0 saturated carbocycles. The van der Waals surface area contributed by atoms with Crippen LogP contribution in [0.15, 0.2) is 60.8 Å². The predicted molar refractivity (Wildman–Crippen MR) is 112 cm³/mol. The van der Waals surface area contributed by atoms with Crippen LogP contribution in [0.5, 0.6) is 0 Å². The topological polar surface area (TPSA) is 48.3 Å². The van der Waals surface area contributed by atoms with E-state index in [1.54, 1.807) is 65.4 Å². The van der Waals surface area contributed by atoms with Crippen molar-refractivity contribution in [2.45, 2.75) is 0 Å².